The molecule has 0 radical (unpaired) electrons. The zero-order valence-corrected chi connectivity index (χ0v) is 42.6. The molecule has 374 valence electrons. The Morgan fingerprint density at radius 1 is 0.328 bits per heavy atom. The van der Waals surface area contributed by atoms with Gasteiger partial charge in [0.15, 0.2) is 6.10 Å². The van der Waals surface area contributed by atoms with E-state index in [4.69, 9.17) is 14.2 Å². The van der Waals surface area contributed by atoms with Crippen LogP contribution in [0.1, 0.15) is 201 Å². The van der Waals surface area contributed by atoms with E-state index in [1.807, 2.05) is 48.6 Å². The smallest absolute Gasteiger partial charge is 0.306 e. The fraction of sp³-hybridized carbons (Fsp3) is 0.557. The average molecular weight is 923 g/mol. The lowest BCUT2D eigenvalue weighted by Gasteiger charge is -2.18. The number of hydrogen-bond donors (Lipinski definition) is 0. The molecule has 0 rings (SSSR count). The fourth-order valence-electron chi connectivity index (χ4n) is 6.53. The van der Waals surface area contributed by atoms with Gasteiger partial charge < -0.3 is 14.2 Å². The number of ether oxygens (including phenoxy) is 3. The molecule has 0 heterocycles. The van der Waals surface area contributed by atoms with Gasteiger partial charge in [0.05, 0.1) is 0 Å². The van der Waals surface area contributed by atoms with Crippen molar-refractivity contribution in [1.29, 1.82) is 0 Å². The number of allylic oxidation sites excluding steroid dienone is 24. The maximum Gasteiger partial charge on any atom is 0.306 e. The molecule has 0 aliphatic heterocycles. The van der Waals surface area contributed by atoms with E-state index in [1.165, 1.54) is 44.9 Å². The van der Waals surface area contributed by atoms with Crippen molar-refractivity contribution in [3.8, 4) is 0 Å². The molecule has 0 aromatic carbocycles. The van der Waals surface area contributed by atoms with Crippen LogP contribution in [0.2, 0.25) is 0 Å². The van der Waals surface area contributed by atoms with Crippen molar-refractivity contribution < 1.29 is 28.6 Å². The van der Waals surface area contributed by atoms with Gasteiger partial charge in [0.25, 0.3) is 0 Å². The van der Waals surface area contributed by atoms with E-state index in [-0.39, 0.29) is 37.5 Å². The summed E-state index contributed by atoms with van der Waals surface area (Å²) in [6, 6.07) is 0. The van der Waals surface area contributed by atoms with Crippen molar-refractivity contribution >= 4 is 17.9 Å². The fourth-order valence-corrected chi connectivity index (χ4v) is 6.53. The highest BCUT2D eigenvalue weighted by atomic mass is 16.6. The largest absolute Gasteiger partial charge is 0.462 e. The zero-order chi connectivity index (χ0) is 48.6. The normalized spacial score (nSPS) is 13.3. The van der Waals surface area contributed by atoms with Crippen LogP contribution in [-0.2, 0) is 28.6 Å². The van der Waals surface area contributed by atoms with Gasteiger partial charge in [0.2, 0.25) is 0 Å². The summed E-state index contributed by atoms with van der Waals surface area (Å²) in [7, 11) is 0. The summed E-state index contributed by atoms with van der Waals surface area (Å²) in [6.07, 6.45) is 76.9. The van der Waals surface area contributed by atoms with Crippen LogP contribution in [0.4, 0.5) is 0 Å². The number of carbonyl (C=O) groups is 3. The van der Waals surface area contributed by atoms with Gasteiger partial charge in [0, 0.05) is 19.3 Å². The lowest BCUT2D eigenvalue weighted by Crippen LogP contribution is -2.30. The van der Waals surface area contributed by atoms with Gasteiger partial charge in [-0.2, -0.15) is 0 Å². The van der Waals surface area contributed by atoms with E-state index >= 15 is 0 Å². The van der Waals surface area contributed by atoms with Crippen LogP contribution in [0, 0.1) is 0 Å². The molecular weight excluding hydrogens is 829 g/mol. The second-order valence-electron chi connectivity index (χ2n) is 16.8. The Bertz CT molecular complexity index is 1530. The van der Waals surface area contributed by atoms with Gasteiger partial charge in [-0.25, -0.2) is 0 Å². The number of hydrogen-bond acceptors (Lipinski definition) is 6. The van der Waals surface area contributed by atoms with Gasteiger partial charge in [-0.15, -0.1) is 0 Å². The molecular formula is C61H94O6. The van der Waals surface area contributed by atoms with Crippen molar-refractivity contribution in [3.05, 3.63) is 146 Å². The molecule has 0 aliphatic carbocycles. The summed E-state index contributed by atoms with van der Waals surface area (Å²) in [5.41, 5.74) is 0. The van der Waals surface area contributed by atoms with Gasteiger partial charge in [-0.3, -0.25) is 14.4 Å². The van der Waals surface area contributed by atoms with Crippen LogP contribution in [0.5, 0.6) is 0 Å². The van der Waals surface area contributed by atoms with Crippen molar-refractivity contribution in [1.82, 2.24) is 0 Å². The van der Waals surface area contributed by atoms with E-state index in [1.54, 1.807) is 0 Å². The molecule has 0 N–H and O–H groups in total. The Kier molecular flexibility index (Phi) is 50.1. The van der Waals surface area contributed by atoms with Crippen LogP contribution in [0.3, 0.4) is 0 Å². The topological polar surface area (TPSA) is 78.9 Å². The number of unbranched alkanes of at least 4 members (excludes halogenated alkanes) is 14. The molecule has 0 saturated carbocycles. The van der Waals surface area contributed by atoms with Crippen molar-refractivity contribution in [2.24, 2.45) is 0 Å². The number of carbonyl (C=O) groups excluding carboxylic acids is 3. The lowest BCUT2D eigenvalue weighted by molar-refractivity contribution is -0.167. The maximum atomic E-state index is 12.8. The van der Waals surface area contributed by atoms with Gasteiger partial charge in [-0.05, 0) is 109 Å². The molecule has 0 spiro atoms. The monoisotopic (exact) mass is 923 g/mol. The molecule has 0 saturated heterocycles. The van der Waals surface area contributed by atoms with Crippen LogP contribution < -0.4 is 0 Å². The Morgan fingerprint density at radius 2 is 0.672 bits per heavy atom. The maximum absolute atomic E-state index is 12.8. The highest BCUT2D eigenvalue weighted by Gasteiger charge is 2.19. The summed E-state index contributed by atoms with van der Waals surface area (Å²) < 4.78 is 16.7. The molecule has 1 atom stereocenters. The van der Waals surface area contributed by atoms with E-state index in [9.17, 15) is 14.4 Å². The summed E-state index contributed by atoms with van der Waals surface area (Å²) in [6.45, 7) is 6.24. The van der Waals surface area contributed by atoms with E-state index in [0.717, 1.165) is 109 Å². The van der Waals surface area contributed by atoms with Crippen LogP contribution in [0.25, 0.3) is 0 Å². The highest BCUT2D eigenvalue weighted by Crippen LogP contribution is 2.13. The second-order valence-corrected chi connectivity index (χ2v) is 16.8. The van der Waals surface area contributed by atoms with Gasteiger partial charge in [0.1, 0.15) is 13.2 Å². The Labute approximate surface area is 410 Å². The molecule has 1 unspecified atom stereocenters. The molecule has 0 amide bonds. The first-order valence-corrected chi connectivity index (χ1v) is 26.4. The summed E-state index contributed by atoms with van der Waals surface area (Å²) in [4.78, 5) is 38.0. The molecule has 0 aromatic rings. The lowest BCUT2D eigenvalue weighted by atomic mass is 10.1. The first kappa shape index (κ1) is 62.3. The number of rotatable bonds is 45. The predicted octanol–water partition coefficient (Wildman–Crippen LogP) is 17.6. The Morgan fingerprint density at radius 3 is 1.16 bits per heavy atom. The summed E-state index contributed by atoms with van der Waals surface area (Å²) in [5, 5.41) is 0. The number of esters is 3. The molecule has 0 bridgehead atoms. The van der Waals surface area contributed by atoms with Crippen LogP contribution >= 0.6 is 0 Å². The summed E-state index contributed by atoms with van der Waals surface area (Å²) >= 11 is 0. The third-order valence-corrected chi connectivity index (χ3v) is 10.4. The van der Waals surface area contributed by atoms with Crippen LogP contribution in [0.15, 0.2) is 146 Å². The Hall–Kier alpha value is -4.71. The molecule has 0 aromatic heterocycles. The SMILES string of the molecule is CC\C=C/C=C\C=C/C=C\C=C/CCCCCC(=O)OCC(COC(=O)CCC/C=C\C/C=C\C/C=C\C/C=C\C/C=C\CC)OC(=O)CCCCCCCCC/C=C\C/C=C\CCCCC. The first-order chi connectivity index (χ1) is 33.0. The third-order valence-electron chi connectivity index (χ3n) is 10.4. The van der Waals surface area contributed by atoms with Gasteiger partial charge >= 0.3 is 17.9 Å². The molecule has 6 nitrogen and oxygen atoms in total. The van der Waals surface area contributed by atoms with Crippen molar-refractivity contribution in [3.63, 3.8) is 0 Å². The molecule has 0 fully saturated rings. The minimum absolute atomic E-state index is 0.127. The minimum atomic E-state index is -0.829. The van der Waals surface area contributed by atoms with Crippen LogP contribution in [-0.4, -0.2) is 37.2 Å². The highest BCUT2D eigenvalue weighted by molar-refractivity contribution is 5.71. The summed E-state index contributed by atoms with van der Waals surface area (Å²) in [5.74, 6) is -1.04. The molecule has 0 aliphatic rings. The minimum Gasteiger partial charge on any atom is -0.462 e. The molecule has 67 heavy (non-hydrogen) atoms. The first-order valence-electron chi connectivity index (χ1n) is 26.4. The molecule has 6 heteroatoms. The average Bonchev–Trinajstić information content (AvgIpc) is 3.33. The van der Waals surface area contributed by atoms with Crippen molar-refractivity contribution in [2.45, 2.75) is 207 Å². The van der Waals surface area contributed by atoms with Gasteiger partial charge in [-0.1, -0.05) is 218 Å². The van der Waals surface area contributed by atoms with E-state index < -0.39 is 6.10 Å². The zero-order valence-electron chi connectivity index (χ0n) is 42.6. The third kappa shape index (κ3) is 52.1. The Balaban J connectivity index is 4.60. The standard InChI is InChI=1S/C61H94O6/c1-4-7-10-13-16-19-22-25-28-30-33-36-39-42-45-48-51-54-60(63)66-57-58(56-65-59(62)53-50-47-44-41-38-35-32-27-24-21-18-15-12-9-6-3)67-61(64)55-52-49-46-43-40-37-34-31-29-26-23-20-17-14-11-8-5-2/h7,9-10,12,15-21,24-29,32-33,35-36,38,42,45,58H,4-6,8,11,13-14,22-23,30-31,34,37,39-41,43-44,46-57H2,1-3H3/b10-7-,12-9-,18-15-,19-16-,20-17-,24-21-,28-25-,29-26-,32-27-,36-33-,38-35-,45-42-. The van der Waals surface area contributed by atoms with E-state index in [0.29, 0.717) is 19.3 Å². The quantitative estimate of drug-likeness (QED) is 0.0199. The predicted molar refractivity (Wildman–Crippen MR) is 288 cm³/mol. The second kappa shape index (κ2) is 53.9. The van der Waals surface area contributed by atoms with Crippen molar-refractivity contribution in [2.75, 3.05) is 13.2 Å². The van der Waals surface area contributed by atoms with E-state index in [2.05, 4.69) is 118 Å².